The number of amides is 1. The highest BCUT2D eigenvalue weighted by atomic mass is 79.9. The molecule has 1 aromatic carbocycles. The monoisotopic (exact) mass is 303 g/mol. The fourth-order valence-electron chi connectivity index (χ4n) is 2.63. The summed E-state index contributed by atoms with van der Waals surface area (Å²) in [6.45, 7) is 1.42. The average molecular weight is 304 g/mol. The molecule has 1 aliphatic carbocycles. The fourth-order valence-corrected chi connectivity index (χ4v) is 3.61. The van der Waals surface area contributed by atoms with Gasteiger partial charge in [-0.3, -0.25) is 4.79 Å². The molecular formula is C15H14BrNO. The Morgan fingerprint density at radius 3 is 2.50 bits per heavy atom. The number of nitrogens with zero attached hydrogens (tertiary/aromatic N) is 1. The van der Waals surface area contributed by atoms with E-state index in [1.54, 1.807) is 0 Å². The van der Waals surface area contributed by atoms with Gasteiger partial charge in [0, 0.05) is 17.9 Å². The van der Waals surface area contributed by atoms with Crippen molar-refractivity contribution in [2.45, 2.75) is 16.7 Å². The van der Waals surface area contributed by atoms with Gasteiger partial charge in [0.25, 0.3) is 0 Å². The number of alkyl halides is 1. The lowest BCUT2D eigenvalue weighted by Crippen LogP contribution is -2.53. The number of hydrogen-bond donors (Lipinski definition) is 0. The van der Waals surface area contributed by atoms with E-state index in [1.165, 1.54) is 0 Å². The van der Waals surface area contributed by atoms with Crippen molar-refractivity contribution in [3.05, 3.63) is 35.9 Å². The molecule has 0 bridgehead atoms. The molecule has 1 aliphatic heterocycles. The molecule has 2 atom stereocenters. The summed E-state index contributed by atoms with van der Waals surface area (Å²) >= 11 is 3.61. The van der Waals surface area contributed by atoms with Crippen LogP contribution in [0.25, 0.3) is 0 Å². The van der Waals surface area contributed by atoms with E-state index in [1.807, 2.05) is 35.2 Å². The van der Waals surface area contributed by atoms with E-state index in [0.29, 0.717) is 13.1 Å². The first-order valence-electron chi connectivity index (χ1n) is 6.13. The second kappa shape index (κ2) is 4.13. The van der Waals surface area contributed by atoms with Crippen LogP contribution in [0.5, 0.6) is 0 Å². The summed E-state index contributed by atoms with van der Waals surface area (Å²) in [5.74, 6) is 3.17. The van der Waals surface area contributed by atoms with E-state index < -0.39 is 0 Å². The maximum Gasteiger partial charge on any atom is 0.234 e. The maximum atomic E-state index is 12.6. The first kappa shape index (κ1) is 11.8. The number of likely N-dealkylation sites (tertiary alicyclic amines) is 1. The number of carbonyl (C=O) groups excluding carboxylic acids is 1. The van der Waals surface area contributed by atoms with Crippen LogP contribution in [0.15, 0.2) is 30.3 Å². The predicted molar refractivity (Wildman–Crippen MR) is 74.4 cm³/mol. The van der Waals surface area contributed by atoms with Gasteiger partial charge in [0.05, 0.1) is 11.3 Å². The van der Waals surface area contributed by atoms with Crippen molar-refractivity contribution in [3.8, 4) is 12.3 Å². The molecule has 1 amide bonds. The third-order valence-electron chi connectivity index (χ3n) is 3.95. The molecule has 3 heteroatoms. The molecule has 1 saturated heterocycles. The lowest BCUT2D eigenvalue weighted by atomic mass is 9.91. The molecule has 2 fully saturated rings. The van der Waals surface area contributed by atoms with Crippen molar-refractivity contribution in [1.82, 2.24) is 4.90 Å². The zero-order chi connectivity index (χ0) is 12.8. The smallest absolute Gasteiger partial charge is 0.234 e. The SMILES string of the molecule is C#CC1CN(C(=O)C2(c3ccccc3)CC2Br)C1. The molecule has 2 unspecified atom stereocenters. The first-order chi connectivity index (χ1) is 8.68. The zero-order valence-corrected chi connectivity index (χ0v) is 11.6. The molecule has 3 rings (SSSR count). The number of rotatable bonds is 2. The topological polar surface area (TPSA) is 20.3 Å². The number of benzene rings is 1. The summed E-state index contributed by atoms with van der Waals surface area (Å²) in [4.78, 5) is 14.8. The Morgan fingerprint density at radius 2 is 2.00 bits per heavy atom. The van der Waals surface area contributed by atoms with Gasteiger partial charge in [0.15, 0.2) is 0 Å². The van der Waals surface area contributed by atoms with E-state index in [-0.39, 0.29) is 22.1 Å². The molecule has 0 radical (unpaired) electrons. The van der Waals surface area contributed by atoms with Crippen molar-refractivity contribution in [2.75, 3.05) is 13.1 Å². The minimum Gasteiger partial charge on any atom is -0.339 e. The van der Waals surface area contributed by atoms with Crippen LogP contribution in [0.4, 0.5) is 0 Å². The lowest BCUT2D eigenvalue weighted by molar-refractivity contribution is -0.139. The number of hydrogen-bond acceptors (Lipinski definition) is 1. The molecule has 1 heterocycles. The third kappa shape index (κ3) is 1.59. The molecule has 0 N–H and O–H groups in total. The maximum absolute atomic E-state index is 12.6. The molecule has 2 aliphatic rings. The lowest BCUT2D eigenvalue weighted by Gasteiger charge is -2.39. The first-order valence-corrected chi connectivity index (χ1v) is 7.05. The second-order valence-electron chi connectivity index (χ2n) is 5.08. The predicted octanol–water partition coefficient (Wildman–Crippen LogP) is 2.18. The van der Waals surface area contributed by atoms with Crippen LogP contribution in [-0.4, -0.2) is 28.7 Å². The van der Waals surface area contributed by atoms with Gasteiger partial charge >= 0.3 is 0 Å². The Labute approximate surface area is 115 Å². The van der Waals surface area contributed by atoms with Crippen molar-refractivity contribution in [2.24, 2.45) is 5.92 Å². The van der Waals surface area contributed by atoms with Gasteiger partial charge in [-0.15, -0.1) is 6.42 Å². The van der Waals surface area contributed by atoms with Gasteiger partial charge in [-0.2, -0.15) is 0 Å². The summed E-state index contributed by atoms with van der Waals surface area (Å²) in [6, 6.07) is 10.0. The average Bonchev–Trinajstić information content (AvgIpc) is 3.02. The van der Waals surface area contributed by atoms with E-state index in [4.69, 9.17) is 6.42 Å². The van der Waals surface area contributed by atoms with Crippen molar-refractivity contribution in [1.29, 1.82) is 0 Å². The minimum atomic E-state index is -0.346. The summed E-state index contributed by atoms with van der Waals surface area (Å²) in [6.07, 6.45) is 6.24. The summed E-state index contributed by atoms with van der Waals surface area (Å²) in [5, 5.41) is 0. The summed E-state index contributed by atoms with van der Waals surface area (Å²) < 4.78 is 0. The van der Waals surface area contributed by atoms with Crippen LogP contribution < -0.4 is 0 Å². The van der Waals surface area contributed by atoms with Gasteiger partial charge in [0.1, 0.15) is 0 Å². The van der Waals surface area contributed by atoms with Gasteiger partial charge < -0.3 is 4.90 Å². The highest BCUT2D eigenvalue weighted by molar-refractivity contribution is 9.09. The largest absolute Gasteiger partial charge is 0.339 e. The fraction of sp³-hybridized carbons (Fsp3) is 0.400. The van der Waals surface area contributed by atoms with E-state index >= 15 is 0 Å². The number of carbonyl (C=O) groups is 1. The molecule has 18 heavy (non-hydrogen) atoms. The van der Waals surface area contributed by atoms with Crippen molar-refractivity contribution < 1.29 is 4.79 Å². The highest BCUT2D eigenvalue weighted by Gasteiger charge is 2.62. The van der Waals surface area contributed by atoms with E-state index in [9.17, 15) is 4.79 Å². The quantitative estimate of drug-likeness (QED) is 0.606. The molecular weight excluding hydrogens is 290 g/mol. The van der Waals surface area contributed by atoms with Crippen LogP contribution >= 0.6 is 15.9 Å². The van der Waals surface area contributed by atoms with Gasteiger partial charge in [-0.1, -0.05) is 52.2 Å². The Kier molecular flexibility index (Phi) is 2.71. The summed E-state index contributed by atoms with van der Waals surface area (Å²) in [5.41, 5.74) is 0.766. The van der Waals surface area contributed by atoms with Crippen LogP contribution in [0.2, 0.25) is 0 Å². The van der Waals surface area contributed by atoms with Crippen molar-refractivity contribution in [3.63, 3.8) is 0 Å². The standard InChI is InChI=1S/C15H14BrNO/c1-2-11-9-17(10-11)14(18)15(8-13(15)16)12-6-4-3-5-7-12/h1,3-7,11,13H,8-10H2. The highest BCUT2D eigenvalue weighted by Crippen LogP contribution is 2.55. The Bertz CT molecular complexity index is 515. The Balaban J connectivity index is 1.82. The van der Waals surface area contributed by atoms with E-state index in [2.05, 4.69) is 21.9 Å². The zero-order valence-electron chi connectivity index (χ0n) is 9.97. The Hall–Kier alpha value is -1.27. The number of terminal acetylenes is 1. The Morgan fingerprint density at radius 1 is 1.39 bits per heavy atom. The molecule has 1 saturated carbocycles. The van der Waals surface area contributed by atoms with Crippen LogP contribution in [0.1, 0.15) is 12.0 Å². The second-order valence-corrected chi connectivity index (χ2v) is 6.19. The molecule has 2 nitrogen and oxygen atoms in total. The van der Waals surface area contributed by atoms with Gasteiger partial charge in [0.2, 0.25) is 5.91 Å². The van der Waals surface area contributed by atoms with Gasteiger partial charge in [-0.25, -0.2) is 0 Å². The molecule has 1 aromatic rings. The van der Waals surface area contributed by atoms with Crippen LogP contribution in [0, 0.1) is 18.3 Å². The van der Waals surface area contributed by atoms with Crippen LogP contribution in [0.3, 0.4) is 0 Å². The number of halogens is 1. The summed E-state index contributed by atoms with van der Waals surface area (Å²) in [7, 11) is 0. The normalized spacial score (nSPS) is 30.4. The molecule has 0 spiro atoms. The van der Waals surface area contributed by atoms with E-state index in [0.717, 1.165) is 12.0 Å². The minimum absolute atomic E-state index is 0.224. The third-order valence-corrected chi connectivity index (χ3v) is 5.06. The molecule has 0 aromatic heterocycles. The van der Waals surface area contributed by atoms with Crippen LogP contribution in [-0.2, 0) is 10.2 Å². The molecule has 92 valence electrons. The van der Waals surface area contributed by atoms with Crippen molar-refractivity contribution >= 4 is 21.8 Å². The van der Waals surface area contributed by atoms with Gasteiger partial charge in [-0.05, 0) is 12.0 Å².